The third-order valence-electron chi connectivity index (χ3n) is 3.81. The quantitative estimate of drug-likeness (QED) is 0.714. The number of hydrogen-bond acceptors (Lipinski definition) is 6. The van der Waals surface area contributed by atoms with E-state index in [-0.39, 0.29) is 5.56 Å². The topological polar surface area (TPSA) is 74.1 Å². The first-order valence-corrected chi connectivity index (χ1v) is 8.15. The molecule has 0 saturated heterocycles. The molecule has 0 aliphatic heterocycles. The molecule has 1 N–H and O–H groups in total. The zero-order valence-electron chi connectivity index (χ0n) is 14.6. The van der Waals surface area contributed by atoms with Crippen LogP contribution in [0.1, 0.15) is 5.69 Å². The van der Waals surface area contributed by atoms with Crippen LogP contribution in [-0.2, 0) is 6.54 Å². The first-order valence-electron chi connectivity index (χ1n) is 7.77. The van der Waals surface area contributed by atoms with E-state index >= 15 is 0 Å². The van der Waals surface area contributed by atoms with Gasteiger partial charge in [-0.3, -0.25) is 9.20 Å². The minimum atomic E-state index is -0.195. The van der Waals surface area contributed by atoms with Gasteiger partial charge in [0.05, 0.1) is 38.6 Å². The Morgan fingerprint density at radius 1 is 1.08 bits per heavy atom. The van der Waals surface area contributed by atoms with Crippen LogP contribution >= 0.6 is 11.6 Å². The van der Waals surface area contributed by atoms with Crippen LogP contribution in [0.4, 0.5) is 5.69 Å². The van der Waals surface area contributed by atoms with Crippen molar-refractivity contribution in [2.24, 2.45) is 0 Å². The number of nitrogens with zero attached hydrogens (tertiary/aromatic N) is 2. The standard InChI is InChI=1S/C18H18ClN3O4/c1-24-14-6-12(7-15(25-2)18(14)26-3)20-9-13-8-17(23)22-10-11(19)4-5-16(22)21-13/h4-8,10,20H,9H2,1-3H3. The van der Waals surface area contributed by atoms with E-state index in [4.69, 9.17) is 25.8 Å². The summed E-state index contributed by atoms with van der Waals surface area (Å²) in [6, 6.07) is 8.44. The Bertz CT molecular complexity index is 978. The van der Waals surface area contributed by atoms with Crippen LogP contribution in [0.5, 0.6) is 17.2 Å². The highest BCUT2D eigenvalue weighted by Gasteiger charge is 2.13. The molecule has 0 amide bonds. The molecule has 1 aromatic carbocycles. The van der Waals surface area contributed by atoms with Gasteiger partial charge in [-0.1, -0.05) is 11.6 Å². The zero-order chi connectivity index (χ0) is 18.7. The van der Waals surface area contributed by atoms with Gasteiger partial charge in [0.2, 0.25) is 5.75 Å². The van der Waals surface area contributed by atoms with Gasteiger partial charge in [-0.2, -0.15) is 0 Å². The van der Waals surface area contributed by atoms with Crippen molar-refractivity contribution in [1.29, 1.82) is 0 Å². The number of aromatic nitrogens is 2. The molecule has 0 saturated carbocycles. The fraction of sp³-hybridized carbons (Fsp3) is 0.222. The molecule has 2 aromatic heterocycles. The number of benzene rings is 1. The first kappa shape index (κ1) is 17.9. The van der Waals surface area contributed by atoms with Crippen LogP contribution in [-0.4, -0.2) is 30.7 Å². The van der Waals surface area contributed by atoms with Gasteiger partial charge in [-0.05, 0) is 12.1 Å². The predicted octanol–water partition coefficient (Wildman–Crippen LogP) is 2.99. The summed E-state index contributed by atoms with van der Waals surface area (Å²) in [7, 11) is 4.65. The van der Waals surface area contributed by atoms with Crippen molar-refractivity contribution < 1.29 is 14.2 Å². The molecule has 0 radical (unpaired) electrons. The average molecular weight is 376 g/mol. The molecule has 3 rings (SSSR count). The van der Waals surface area contributed by atoms with Gasteiger partial charge in [-0.15, -0.1) is 0 Å². The minimum absolute atomic E-state index is 0.195. The number of nitrogens with one attached hydrogen (secondary N) is 1. The van der Waals surface area contributed by atoms with Crippen LogP contribution in [0.2, 0.25) is 5.02 Å². The van der Waals surface area contributed by atoms with E-state index in [2.05, 4.69) is 10.3 Å². The van der Waals surface area contributed by atoms with Crippen molar-refractivity contribution in [1.82, 2.24) is 9.38 Å². The van der Waals surface area contributed by atoms with Gasteiger partial charge in [0.1, 0.15) is 5.65 Å². The Morgan fingerprint density at radius 2 is 1.77 bits per heavy atom. The molecule has 0 unspecified atom stereocenters. The van der Waals surface area contributed by atoms with Crippen LogP contribution in [0, 0.1) is 0 Å². The highest BCUT2D eigenvalue weighted by atomic mass is 35.5. The molecule has 0 spiro atoms. The molecule has 0 bridgehead atoms. The molecule has 7 nitrogen and oxygen atoms in total. The smallest absolute Gasteiger partial charge is 0.258 e. The summed E-state index contributed by atoms with van der Waals surface area (Å²) < 4.78 is 17.4. The summed E-state index contributed by atoms with van der Waals surface area (Å²) in [6.07, 6.45) is 1.54. The molecule has 0 atom stereocenters. The summed E-state index contributed by atoms with van der Waals surface area (Å²) in [4.78, 5) is 16.7. The largest absolute Gasteiger partial charge is 0.493 e. The second kappa shape index (κ2) is 7.53. The van der Waals surface area contributed by atoms with Crippen molar-refractivity contribution in [3.05, 3.63) is 57.6 Å². The lowest BCUT2D eigenvalue weighted by molar-refractivity contribution is 0.324. The highest BCUT2D eigenvalue weighted by Crippen LogP contribution is 2.39. The van der Waals surface area contributed by atoms with E-state index in [1.54, 1.807) is 51.8 Å². The lowest BCUT2D eigenvalue weighted by Gasteiger charge is -2.15. The van der Waals surface area contributed by atoms with E-state index in [1.165, 1.54) is 10.5 Å². The number of methoxy groups -OCH3 is 3. The average Bonchev–Trinajstić information content (AvgIpc) is 2.65. The van der Waals surface area contributed by atoms with Crippen molar-refractivity contribution in [3.8, 4) is 17.2 Å². The lowest BCUT2D eigenvalue weighted by Crippen LogP contribution is -2.16. The SMILES string of the molecule is COc1cc(NCc2cc(=O)n3cc(Cl)ccc3n2)cc(OC)c1OC. The molecule has 0 fully saturated rings. The fourth-order valence-electron chi connectivity index (χ4n) is 2.59. The molecule has 2 heterocycles. The Balaban J connectivity index is 1.88. The summed E-state index contributed by atoms with van der Waals surface area (Å²) >= 11 is 5.92. The number of pyridine rings is 1. The monoisotopic (exact) mass is 375 g/mol. The van der Waals surface area contributed by atoms with Crippen LogP contribution < -0.4 is 25.1 Å². The molecule has 136 valence electrons. The summed E-state index contributed by atoms with van der Waals surface area (Å²) in [5.74, 6) is 1.59. The maximum absolute atomic E-state index is 12.2. The van der Waals surface area contributed by atoms with E-state index < -0.39 is 0 Å². The van der Waals surface area contributed by atoms with Crippen molar-refractivity contribution >= 4 is 22.9 Å². The van der Waals surface area contributed by atoms with Crippen LogP contribution in [0.15, 0.2) is 41.3 Å². The van der Waals surface area contributed by atoms with E-state index in [9.17, 15) is 4.79 Å². The molecule has 26 heavy (non-hydrogen) atoms. The van der Waals surface area contributed by atoms with Gasteiger partial charge in [0, 0.05) is 30.1 Å². The number of fused-ring (bicyclic) bond motifs is 1. The molecular weight excluding hydrogens is 358 g/mol. The second-order valence-corrected chi connectivity index (χ2v) is 5.87. The van der Waals surface area contributed by atoms with Gasteiger partial charge in [0.25, 0.3) is 5.56 Å². The highest BCUT2D eigenvalue weighted by molar-refractivity contribution is 6.30. The van der Waals surface area contributed by atoms with Gasteiger partial charge in [-0.25, -0.2) is 4.98 Å². The maximum Gasteiger partial charge on any atom is 0.258 e. The number of anilines is 1. The fourth-order valence-corrected chi connectivity index (χ4v) is 2.75. The molecule has 8 heteroatoms. The number of halogens is 1. The first-order chi connectivity index (χ1) is 12.5. The van der Waals surface area contributed by atoms with Crippen LogP contribution in [0.3, 0.4) is 0 Å². The zero-order valence-corrected chi connectivity index (χ0v) is 15.3. The Labute approximate surface area is 155 Å². The molecule has 3 aromatic rings. The Hall–Kier alpha value is -2.93. The lowest BCUT2D eigenvalue weighted by atomic mass is 10.2. The molecule has 0 aliphatic carbocycles. The third kappa shape index (κ3) is 3.52. The predicted molar refractivity (Wildman–Crippen MR) is 99.9 cm³/mol. The molecular formula is C18H18ClN3O4. The summed E-state index contributed by atoms with van der Waals surface area (Å²) in [5.41, 5.74) is 1.69. The van der Waals surface area contributed by atoms with Gasteiger partial charge < -0.3 is 19.5 Å². The summed E-state index contributed by atoms with van der Waals surface area (Å²) in [6.45, 7) is 0.354. The number of ether oxygens (including phenoxy) is 3. The maximum atomic E-state index is 12.2. The normalized spacial score (nSPS) is 10.6. The third-order valence-corrected chi connectivity index (χ3v) is 4.04. The minimum Gasteiger partial charge on any atom is -0.493 e. The Morgan fingerprint density at radius 3 is 2.38 bits per heavy atom. The van der Waals surface area contributed by atoms with Gasteiger partial charge in [0.15, 0.2) is 11.5 Å². The molecule has 0 aliphatic rings. The number of hydrogen-bond donors (Lipinski definition) is 1. The Kier molecular flexibility index (Phi) is 5.18. The van der Waals surface area contributed by atoms with E-state index in [1.807, 2.05) is 0 Å². The van der Waals surface area contributed by atoms with Crippen molar-refractivity contribution in [2.45, 2.75) is 6.54 Å². The van der Waals surface area contributed by atoms with E-state index in [0.29, 0.717) is 40.2 Å². The van der Waals surface area contributed by atoms with Crippen molar-refractivity contribution in [3.63, 3.8) is 0 Å². The van der Waals surface area contributed by atoms with E-state index in [0.717, 1.165) is 5.69 Å². The number of rotatable bonds is 6. The van der Waals surface area contributed by atoms with Crippen LogP contribution in [0.25, 0.3) is 5.65 Å². The summed E-state index contributed by atoms with van der Waals surface area (Å²) in [5, 5.41) is 3.69. The van der Waals surface area contributed by atoms with Gasteiger partial charge >= 0.3 is 0 Å². The van der Waals surface area contributed by atoms with Crippen molar-refractivity contribution in [2.75, 3.05) is 26.6 Å². The second-order valence-electron chi connectivity index (χ2n) is 5.43.